The molecule has 2 saturated heterocycles. The molecule has 4 rings (SSSR count). The van der Waals surface area contributed by atoms with Gasteiger partial charge in [0.25, 0.3) is 5.91 Å². The first-order chi connectivity index (χ1) is 12.1. The van der Waals surface area contributed by atoms with Crippen LogP contribution in [-0.2, 0) is 4.74 Å². The Morgan fingerprint density at radius 2 is 2.16 bits per heavy atom. The Balaban J connectivity index is 1.38. The van der Waals surface area contributed by atoms with Gasteiger partial charge in [-0.1, -0.05) is 17.7 Å². The lowest BCUT2D eigenvalue weighted by molar-refractivity contribution is 0.00995. The van der Waals surface area contributed by atoms with E-state index < -0.39 is 0 Å². The highest BCUT2D eigenvalue weighted by molar-refractivity contribution is 5.94. The van der Waals surface area contributed by atoms with E-state index in [2.05, 4.69) is 4.98 Å². The van der Waals surface area contributed by atoms with E-state index in [1.54, 1.807) is 12.4 Å². The monoisotopic (exact) mass is 338 g/mol. The molecule has 1 amide bonds. The molecule has 2 aliphatic heterocycles. The van der Waals surface area contributed by atoms with E-state index in [0.717, 1.165) is 36.3 Å². The summed E-state index contributed by atoms with van der Waals surface area (Å²) in [4.78, 5) is 18.7. The van der Waals surface area contributed by atoms with E-state index in [1.807, 2.05) is 48.2 Å². The zero-order valence-corrected chi connectivity index (χ0v) is 14.4. The lowest BCUT2D eigenvalue weighted by Crippen LogP contribution is -2.36. The average Bonchev–Trinajstić information content (AvgIpc) is 3.23. The number of aromatic nitrogens is 1. The Hall–Kier alpha value is -2.40. The van der Waals surface area contributed by atoms with Crippen LogP contribution in [0.3, 0.4) is 0 Å². The molecule has 0 N–H and O–H groups in total. The number of hydrogen-bond donors (Lipinski definition) is 0. The molecule has 1 aromatic heterocycles. The molecule has 0 radical (unpaired) electrons. The lowest BCUT2D eigenvalue weighted by Gasteiger charge is -2.23. The second kappa shape index (κ2) is 6.48. The van der Waals surface area contributed by atoms with Gasteiger partial charge in [0.05, 0.1) is 24.9 Å². The van der Waals surface area contributed by atoms with Crippen molar-refractivity contribution in [2.75, 3.05) is 19.7 Å². The number of carbonyl (C=O) groups is 1. The zero-order chi connectivity index (χ0) is 17.3. The first kappa shape index (κ1) is 16.1. The van der Waals surface area contributed by atoms with Crippen molar-refractivity contribution in [1.29, 1.82) is 0 Å². The first-order valence-electron chi connectivity index (χ1n) is 8.70. The third kappa shape index (κ3) is 3.37. The summed E-state index contributed by atoms with van der Waals surface area (Å²) in [6.45, 7) is 3.94. The molecular formula is C20H22N2O3. The third-order valence-electron chi connectivity index (χ3n) is 5.01. The van der Waals surface area contributed by atoms with Gasteiger partial charge in [0, 0.05) is 24.7 Å². The van der Waals surface area contributed by atoms with Crippen molar-refractivity contribution in [3.05, 3.63) is 59.9 Å². The maximum Gasteiger partial charge on any atom is 0.253 e. The number of pyridine rings is 1. The summed E-state index contributed by atoms with van der Waals surface area (Å²) in [6.07, 6.45) is 5.12. The molecular weight excluding hydrogens is 316 g/mol. The highest BCUT2D eigenvalue weighted by Gasteiger charge is 2.47. The molecule has 1 spiro atoms. The number of amides is 1. The van der Waals surface area contributed by atoms with E-state index >= 15 is 0 Å². The Bertz CT molecular complexity index is 747. The van der Waals surface area contributed by atoms with Crippen LogP contribution in [0.15, 0.2) is 48.8 Å². The second-order valence-corrected chi connectivity index (χ2v) is 6.97. The molecule has 2 unspecified atom stereocenters. The number of aryl methyl sites for hydroxylation is 1. The normalized spacial score (nSPS) is 25.5. The molecule has 1 aromatic carbocycles. The molecule has 3 heterocycles. The van der Waals surface area contributed by atoms with Crippen molar-refractivity contribution in [2.45, 2.75) is 31.5 Å². The largest absolute Gasteiger partial charge is 0.486 e. The fraction of sp³-hybridized carbons (Fsp3) is 0.400. The molecule has 25 heavy (non-hydrogen) atoms. The maximum absolute atomic E-state index is 12.7. The zero-order valence-electron chi connectivity index (χ0n) is 14.4. The summed E-state index contributed by atoms with van der Waals surface area (Å²) in [6, 6.07) is 11.5. The maximum atomic E-state index is 12.7. The van der Waals surface area contributed by atoms with Crippen LogP contribution in [0.25, 0.3) is 0 Å². The van der Waals surface area contributed by atoms with E-state index in [1.165, 1.54) is 0 Å². The van der Waals surface area contributed by atoms with Gasteiger partial charge in [-0.2, -0.15) is 0 Å². The third-order valence-corrected chi connectivity index (χ3v) is 5.01. The van der Waals surface area contributed by atoms with Gasteiger partial charge in [-0.05, 0) is 37.6 Å². The summed E-state index contributed by atoms with van der Waals surface area (Å²) in [7, 11) is 0. The van der Waals surface area contributed by atoms with E-state index in [9.17, 15) is 4.79 Å². The van der Waals surface area contributed by atoms with Crippen LogP contribution < -0.4 is 4.74 Å². The molecule has 0 aliphatic carbocycles. The Kier molecular flexibility index (Phi) is 4.17. The highest BCUT2D eigenvalue weighted by atomic mass is 16.6. The van der Waals surface area contributed by atoms with Crippen LogP contribution in [0.2, 0.25) is 0 Å². The highest BCUT2D eigenvalue weighted by Crippen LogP contribution is 2.37. The van der Waals surface area contributed by atoms with Gasteiger partial charge < -0.3 is 14.4 Å². The minimum absolute atomic E-state index is 0.0126. The number of rotatable bonds is 3. The molecule has 0 saturated carbocycles. The van der Waals surface area contributed by atoms with Gasteiger partial charge in [-0.3, -0.25) is 9.78 Å². The predicted molar refractivity (Wildman–Crippen MR) is 93.7 cm³/mol. The van der Waals surface area contributed by atoms with Gasteiger partial charge in [0.15, 0.2) is 0 Å². The molecule has 2 fully saturated rings. The minimum Gasteiger partial charge on any atom is -0.486 e. The van der Waals surface area contributed by atoms with Crippen molar-refractivity contribution in [3.63, 3.8) is 0 Å². The summed E-state index contributed by atoms with van der Waals surface area (Å²) in [5.74, 6) is 0.843. The number of ether oxygens (including phenoxy) is 2. The fourth-order valence-corrected chi connectivity index (χ4v) is 3.67. The SMILES string of the molecule is Cc1ccc(C(=O)N2CCC3(CC(Oc4cccnc4)CO3)C2)cc1. The van der Waals surface area contributed by atoms with Crippen molar-refractivity contribution in [3.8, 4) is 5.75 Å². The molecule has 2 aromatic rings. The molecule has 2 atom stereocenters. The van der Waals surface area contributed by atoms with Crippen molar-refractivity contribution >= 4 is 5.91 Å². The fourth-order valence-electron chi connectivity index (χ4n) is 3.67. The number of hydrogen-bond acceptors (Lipinski definition) is 4. The van der Waals surface area contributed by atoms with Crippen molar-refractivity contribution in [2.24, 2.45) is 0 Å². The predicted octanol–water partition coefficient (Wildman–Crippen LogP) is 2.84. The number of benzene rings is 1. The average molecular weight is 338 g/mol. The lowest BCUT2D eigenvalue weighted by atomic mass is 9.98. The number of carbonyl (C=O) groups excluding carboxylic acids is 1. The van der Waals surface area contributed by atoms with Crippen LogP contribution in [0, 0.1) is 6.92 Å². The van der Waals surface area contributed by atoms with Gasteiger partial charge >= 0.3 is 0 Å². The van der Waals surface area contributed by atoms with Crippen LogP contribution in [-0.4, -0.2) is 47.2 Å². The van der Waals surface area contributed by atoms with E-state index in [4.69, 9.17) is 9.47 Å². The van der Waals surface area contributed by atoms with Crippen molar-refractivity contribution in [1.82, 2.24) is 9.88 Å². The molecule has 5 heteroatoms. The first-order valence-corrected chi connectivity index (χ1v) is 8.70. The van der Waals surface area contributed by atoms with Gasteiger partial charge in [0.2, 0.25) is 0 Å². The van der Waals surface area contributed by atoms with Crippen molar-refractivity contribution < 1.29 is 14.3 Å². The minimum atomic E-state index is -0.271. The Morgan fingerprint density at radius 1 is 1.32 bits per heavy atom. The summed E-state index contributed by atoms with van der Waals surface area (Å²) in [5.41, 5.74) is 1.63. The Labute approximate surface area is 147 Å². The summed E-state index contributed by atoms with van der Waals surface area (Å²) in [5, 5.41) is 0. The van der Waals surface area contributed by atoms with E-state index in [-0.39, 0.29) is 17.6 Å². The molecule has 2 aliphatic rings. The molecule has 130 valence electrons. The number of likely N-dealkylation sites (tertiary alicyclic amines) is 1. The van der Waals surface area contributed by atoms with Gasteiger partial charge in [0.1, 0.15) is 11.9 Å². The quantitative estimate of drug-likeness (QED) is 0.863. The smallest absolute Gasteiger partial charge is 0.253 e. The standard InChI is InChI=1S/C20H22N2O3/c1-15-4-6-16(7-5-15)19(23)22-10-8-20(14-22)11-18(13-24-20)25-17-3-2-9-21-12-17/h2-7,9,12,18H,8,10-11,13-14H2,1H3. The van der Waals surface area contributed by atoms with E-state index in [0.29, 0.717) is 13.2 Å². The second-order valence-electron chi connectivity index (χ2n) is 6.97. The van der Waals surface area contributed by atoms with Gasteiger partial charge in [-0.25, -0.2) is 0 Å². The summed E-state index contributed by atoms with van der Waals surface area (Å²) >= 11 is 0. The van der Waals surface area contributed by atoms with Crippen LogP contribution in [0.5, 0.6) is 5.75 Å². The number of nitrogens with zero attached hydrogens (tertiary/aromatic N) is 2. The molecule has 5 nitrogen and oxygen atoms in total. The van der Waals surface area contributed by atoms with Crippen LogP contribution >= 0.6 is 0 Å². The topological polar surface area (TPSA) is 51.7 Å². The van der Waals surface area contributed by atoms with Crippen LogP contribution in [0.1, 0.15) is 28.8 Å². The van der Waals surface area contributed by atoms with Gasteiger partial charge in [-0.15, -0.1) is 0 Å². The Morgan fingerprint density at radius 3 is 2.92 bits per heavy atom. The van der Waals surface area contributed by atoms with Crippen LogP contribution in [0.4, 0.5) is 0 Å². The molecule has 0 bridgehead atoms. The summed E-state index contributed by atoms with van der Waals surface area (Å²) < 4.78 is 12.0.